The molecule has 1 saturated heterocycles. The first-order chi connectivity index (χ1) is 6.02. The van der Waals surface area contributed by atoms with Gasteiger partial charge in [0.05, 0.1) is 12.0 Å². The van der Waals surface area contributed by atoms with E-state index in [1.54, 1.807) is 6.92 Å². The zero-order valence-electron chi connectivity index (χ0n) is 7.95. The second-order valence-electron chi connectivity index (χ2n) is 3.70. The lowest BCUT2D eigenvalue weighted by Crippen LogP contribution is -2.44. The normalized spacial score (nSPS) is 32.4. The Morgan fingerprint density at radius 3 is 2.77 bits per heavy atom. The van der Waals surface area contributed by atoms with E-state index in [1.165, 1.54) is 6.26 Å². The quantitative estimate of drug-likeness (QED) is 0.654. The third kappa shape index (κ3) is 2.05. The van der Waals surface area contributed by atoms with Crippen LogP contribution in [0.4, 0.5) is 0 Å². The number of hydrogen-bond donors (Lipinski definition) is 0. The smallest absolute Gasteiger partial charge is 0.159 e. The van der Waals surface area contributed by atoms with Gasteiger partial charge in [-0.3, -0.25) is 0 Å². The molecule has 13 heavy (non-hydrogen) atoms. The fraction of sp³-hybridized carbons (Fsp3) is 0.778. The van der Waals surface area contributed by atoms with Crippen LogP contribution in [0.25, 0.3) is 0 Å². The van der Waals surface area contributed by atoms with E-state index in [-0.39, 0.29) is 6.61 Å². The van der Waals surface area contributed by atoms with Gasteiger partial charge in [0.2, 0.25) is 0 Å². The summed E-state index contributed by atoms with van der Waals surface area (Å²) in [6, 6.07) is 0. The van der Waals surface area contributed by atoms with Gasteiger partial charge in [0.15, 0.2) is 9.84 Å². The highest BCUT2D eigenvalue weighted by molar-refractivity contribution is 7.92. The summed E-state index contributed by atoms with van der Waals surface area (Å²) in [5.41, 5.74) is 0. The molecule has 1 rings (SSSR count). The van der Waals surface area contributed by atoms with Gasteiger partial charge in [-0.15, -0.1) is 0 Å². The summed E-state index contributed by atoms with van der Waals surface area (Å²) in [5, 5.41) is 0. The molecule has 1 aliphatic rings. The van der Waals surface area contributed by atoms with Crippen LogP contribution >= 0.6 is 0 Å². The van der Waals surface area contributed by atoms with Gasteiger partial charge < -0.3 is 4.74 Å². The molecule has 0 spiro atoms. The van der Waals surface area contributed by atoms with Crippen LogP contribution in [0.5, 0.6) is 0 Å². The maximum atomic E-state index is 11.7. The van der Waals surface area contributed by atoms with E-state index in [0.29, 0.717) is 12.2 Å². The van der Waals surface area contributed by atoms with Crippen molar-refractivity contribution in [3.05, 3.63) is 12.8 Å². The van der Waals surface area contributed by atoms with Gasteiger partial charge >= 0.3 is 0 Å². The molecule has 1 atom stereocenters. The van der Waals surface area contributed by atoms with Crippen molar-refractivity contribution in [3.8, 4) is 0 Å². The fourth-order valence-electron chi connectivity index (χ4n) is 1.59. The van der Waals surface area contributed by atoms with Crippen LogP contribution < -0.4 is 0 Å². The number of hydrogen-bond acceptors (Lipinski definition) is 3. The first-order valence-corrected chi connectivity index (χ1v) is 6.12. The van der Waals surface area contributed by atoms with Crippen molar-refractivity contribution in [1.82, 2.24) is 0 Å². The molecule has 0 aromatic carbocycles. The Morgan fingerprint density at radius 2 is 2.23 bits per heavy atom. The van der Waals surface area contributed by atoms with Gasteiger partial charge in [-0.2, -0.15) is 0 Å². The highest BCUT2D eigenvalue weighted by Gasteiger charge is 2.41. The average Bonchev–Trinajstić information content (AvgIpc) is 2.07. The predicted octanol–water partition coefficient (Wildman–Crippen LogP) is 1.50. The molecular formula is C9H16O3S. The maximum Gasteiger partial charge on any atom is 0.159 e. The Hall–Kier alpha value is -0.510. The summed E-state index contributed by atoms with van der Waals surface area (Å²) in [7, 11) is -2.97. The van der Waals surface area contributed by atoms with Crippen LogP contribution in [0, 0.1) is 0 Å². The molecule has 0 radical (unpaired) electrons. The molecule has 0 bridgehead atoms. The summed E-state index contributed by atoms with van der Waals surface area (Å²) in [4.78, 5) is 0. The van der Waals surface area contributed by atoms with E-state index in [1.807, 2.05) is 0 Å². The molecular weight excluding hydrogens is 188 g/mol. The molecule has 0 aliphatic carbocycles. The van der Waals surface area contributed by atoms with Crippen LogP contribution in [0.3, 0.4) is 0 Å². The minimum Gasteiger partial charge on any atom is -0.500 e. The van der Waals surface area contributed by atoms with Crippen molar-refractivity contribution in [2.45, 2.75) is 30.9 Å². The van der Waals surface area contributed by atoms with Gasteiger partial charge in [-0.25, -0.2) is 8.42 Å². The summed E-state index contributed by atoms with van der Waals surface area (Å²) < 4.78 is 27.7. The minimum absolute atomic E-state index is 0.235. The lowest BCUT2D eigenvalue weighted by atomic mass is 10.0. The van der Waals surface area contributed by atoms with Crippen LogP contribution in [0.15, 0.2) is 12.8 Å². The van der Waals surface area contributed by atoms with E-state index < -0.39 is 14.6 Å². The van der Waals surface area contributed by atoms with Crippen LogP contribution in [0.2, 0.25) is 0 Å². The molecule has 0 N–H and O–H groups in total. The molecule has 0 aromatic heterocycles. The Morgan fingerprint density at radius 1 is 1.54 bits per heavy atom. The highest BCUT2D eigenvalue weighted by atomic mass is 32.2. The van der Waals surface area contributed by atoms with Crippen molar-refractivity contribution in [2.75, 3.05) is 12.4 Å². The minimum atomic E-state index is -2.97. The Balaban J connectivity index is 2.78. The van der Waals surface area contributed by atoms with Crippen molar-refractivity contribution in [1.29, 1.82) is 0 Å². The molecule has 76 valence electrons. The summed E-state index contributed by atoms with van der Waals surface area (Å²) in [5.74, 6) is 0.296. The van der Waals surface area contributed by atoms with Crippen molar-refractivity contribution in [2.24, 2.45) is 0 Å². The average molecular weight is 204 g/mol. The zero-order chi connectivity index (χ0) is 9.95. The fourth-order valence-corrected chi connectivity index (χ4v) is 3.37. The van der Waals surface area contributed by atoms with Gasteiger partial charge in [-0.1, -0.05) is 13.0 Å². The van der Waals surface area contributed by atoms with Gasteiger partial charge in [0.1, 0.15) is 11.4 Å². The predicted molar refractivity (Wildman–Crippen MR) is 52.2 cm³/mol. The van der Waals surface area contributed by atoms with Crippen molar-refractivity contribution in [3.63, 3.8) is 0 Å². The number of ether oxygens (including phenoxy) is 1. The first-order valence-electron chi connectivity index (χ1n) is 4.47. The second-order valence-corrected chi connectivity index (χ2v) is 6.33. The third-order valence-corrected chi connectivity index (χ3v) is 5.28. The van der Waals surface area contributed by atoms with Gasteiger partial charge in [-0.05, 0) is 19.8 Å². The SMILES string of the molecule is C=COCC1(C)CCCCS1(=O)=O. The molecule has 1 aliphatic heterocycles. The Labute approximate surface area is 79.7 Å². The van der Waals surface area contributed by atoms with Gasteiger partial charge in [0.25, 0.3) is 0 Å². The summed E-state index contributed by atoms with van der Waals surface area (Å²) >= 11 is 0. The van der Waals surface area contributed by atoms with Crippen LogP contribution in [0.1, 0.15) is 26.2 Å². The van der Waals surface area contributed by atoms with Crippen molar-refractivity contribution < 1.29 is 13.2 Å². The monoisotopic (exact) mass is 204 g/mol. The molecule has 3 nitrogen and oxygen atoms in total. The van der Waals surface area contributed by atoms with E-state index in [9.17, 15) is 8.42 Å². The molecule has 4 heteroatoms. The molecule has 0 amide bonds. The summed E-state index contributed by atoms with van der Waals surface area (Å²) in [6.45, 7) is 5.40. The zero-order valence-corrected chi connectivity index (χ0v) is 8.77. The molecule has 0 saturated carbocycles. The van der Waals surface area contributed by atoms with Crippen LogP contribution in [-0.2, 0) is 14.6 Å². The summed E-state index contributed by atoms with van der Waals surface area (Å²) in [6.07, 6.45) is 3.75. The number of rotatable bonds is 3. The lowest BCUT2D eigenvalue weighted by molar-refractivity contribution is 0.204. The first kappa shape index (κ1) is 10.6. The van der Waals surface area contributed by atoms with Gasteiger partial charge in [0, 0.05) is 0 Å². The van der Waals surface area contributed by atoms with E-state index in [4.69, 9.17) is 4.74 Å². The molecule has 1 heterocycles. The third-order valence-electron chi connectivity index (χ3n) is 2.63. The Kier molecular flexibility index (Phi) is 3.01. The molecule has 0 aromatic rings. The van der Waals surface area contributed by atoms with Crippen LogP contribution in [-0.4, -0.2) is 25.5 Å². The van der Waals surface area contributed by atoms with E-state index >= 15 is 0 Å². The largest absolute Gasteiger partial charge is 0.500 e. The lowest BCUT2D eigenvalue weighted by Gasteiger charge is -2.32. The molecule has 1 unspecified atom stereocenters. The second kappa shape index (κ2) is 3.70. The topological polar surface area (TPSA) is 43.4 Å². The van der Waals surface area contributed by atoms with Crippen molar-refractivity contribution >= 4 is 9.84 Å². The Bertz CT molecular complexity index is 281. The van der Waals surface area contributed by atoms with E-state index in [2.05, 4.69) is 6.58 Å². The maximum absolute atomic E-state index is 11.7. The van der Waals surface area contributed by atoms with E-state index in [0.717, 1.165) is 12.8 Å². The number of sulfone groups is 1. The molecule has 1 fully saturated rings. The highest BCUT2D eigenvalue weighted by Crippen LogP contribution is 2.30. The standard InChI is InChI=1S/C9H16O3S/c1-3-12-8-9(2)6-4-5-7-13(9,10)11/h3H,1,4-8H2,2H3.